The van der Waals surface area contributed by atoms with Crippen LogP contribution in [0.25, 0.3) is 15.5 Å². The van der Waals surface area contributed by atoms with Crippen LogP contribution in [-0.4, -0.2) is 47.4 Å². The number of imidazole rings is 1. The molecule has 110 valence electrons. The predicted molar refractivity (Wildman–Crippen MR) is 87.3 cm³/mol. The molecule has 3 rings (SSSR count). The van der Waals surface area contributed by atoms with Crippen molar-refractivity contribution in [2.24, 2.45) is 0 Å². The summed E-state index contributed by atoms with van der Waals surface area (Å²) in [4.78, 5) is 20.8. The average molecular weight is 320 g/mol. The van der Waals surface area contributed by atoms with E-state index in [9.17, 15) is 4.79 Å². The molecule has 21 heavy (non-hydrogen) atoms. The van der Waals surface area contributed by atoms with Crippen LogP contribution in [0.1, 0.15) is 10.5 Å². The number of hydrogen-bond acceptors (Lipinski definition) is 5. The second kappa shape index (κ2) is 5.97. The highest BCUT2D eigenvalue weighted by Gasteiger charge is 2.15. The van der Waals surface area contributed by atoms with Gasteiger partial charge in [-0.05, 0) is 25.5 Å². The molecule has 5 nitrogen and oxygen atoms in total. The summed E-state index contributed by atoms with van der Waals surface area (Å²) in [6, 6.07) is 4.04. The topological polar surface area (TPSA) is 49.6 Å². The molecule has 1 amide bonds. The highest BCUT2D eigenvalue weighted by atomic mass is 32.1. The van der Waals surface area contributed by atoms with Gasteiger partial charge in [0.05, 0.1) is 4.88 Å². The van der Waals surface area contributed by atoms with Gasteiger partial charge in [0.2, 0.25) is 0 Å². The van der Waals surface area contributed by atoms with Gasteiger partial charge in [0.25, 0.3) is 5.91 Å². The van der Waals surface area contributed by atoms with E-state index < -0.39 is 0 Å². The molecule has 0 fully saturated rings. The van der Waals surface area contributed by atoms with Crippen LogP contribution in [0.5, 0.6) is 0 Å². The molecule has 0 radical (unpaired) electrons. The van der Waals surface area contributed by atoms with E-state index in [0.29, 0.717) is 12.2 Å². The average Bonchev–Trinajstić information content (AvgIpc) is 3.13. The Bertz CT molecular complexity index is 742. The van der Waals surface area contributed by atoms with E-state index in [0.717, 1.165) is 22.1 Å². The number of carbonyl (C=O) groups is 1. The van der Waals surface area contributed by atoms with E-state index in [-0.39, 0.29) is 5.91 Å². The van der Waals surface area contributed by atoms with Gasteiger partial charge in [0, 0.05) is 24.7 Å². The summed E-state index contributed by atoms with van der Waals surface area (Å²) < 4.78 is 1.87. The van der Waals surface area contributed by atoms with Crippen LogP contribution in [0.3, 0.4) is 0 Å². The van der Waals surface area contributed by atoms with Crippen LogP contribution in [0.15, 0.2) is 29.1 Å². The number of thiazole rings is 1. The van der Waals surface area contributed by atoms with Gasteiger partial charge in [-0.3, -0.25) is 9.20 Å². The van der Waals surface area contributed by atoms with Gasteiger partial charge < -0.3 is 10.2 Å². The number of carbonyl (C=O) groups excluding carboxylic acids is 1. The Hall–Kier alpha value is -1.70. The zero-order chi connectivity index (χ0) is 14.8. The van der Waals surface area contributed by atoms with E-state index in [1.54, 1.807) is 11.3 Å². The molecule has 7 heteroatoms. The van der Waals surface area contributed by atoms with Gasteiger partial charge in [0.15, 0.2) is 4.96 Å². The number of nitrogens with zero attached hydrogens (tertiary/aromatic N) is 3. The molecule has 0 saturated heterocycles. The Morgan fingerprint density at radius 3 is 3.00 bits per heavy atom. The molecule has 3 aromatic heterocycles. The van der Waals surface area contributed by atoms with Gasteiger partial charge in [-0.25, -0.2) is 4.98 Å². The minimum atomic E-state index is -0.0572. The molecular formula is C14H16N4OS2. The lowest BCUT2D eigenvalue weighted by Gasteiger charge is -2.09. The van der Waals surface area contributed by atoms with Crippen molar-refractivity contribution in [1.29, 1.82) is 0 Å². The normalized spacial score (nSPS) is 11.4. The number of aromatic nitrogens is 2. The van der Waals surface area contributed by atoms with Gasteiger partial charge in [-0.1, -0.05) is 6.07 Å². The van der Waals surface area contributed by atoms with Crippen molar-refractivity contribution in [1.82, 2.24) is 19.6 Å². The van der Waals surface area contributed by atoms with E-state index >= 15 is 0 Å². The predicted octanol–water partition coefficient (Wildman–Crippen LogP) is 2.42. The number of fused-ring (bicyclic) bond motifs is 1. The molecule has 0 aromatic carbocycles. The number of hydrogen-bond donors (Lipinski definition) is 1. The molecule has 0 spiro atoms. The fourth-order valence-electron chi connectivity index (χ4n) is 1.97. The molecule has 0 atom stereocenters. The number of rotatable bonds is 5. The van der Waals surface area contributed by atoms with Crippen LogP contribution in [0, 0.1) is 0 Å². The summed E-state index contributed by atoms with van der Waals surface area (Å²) in [5, 5.41) is 6.81. The summed E-state index contributed by atoms with van der Waals surface area (Å²) in [6.45, 7) is 1.46. The highest BCUT2D eigenvalue weighted by molar-refractivity contribution is 7.15. The van der Waals surface area contributed by atoms with Crippen LogP contribution in [0.2, 0.25) is 0 Å². The lowest BCUT2D eigenvalue weighted by atomic mass is 10.4. The minimum Gasteiger partial charge on any atom is -0.349 e. The maximum Gasteiger partial charge on any atom is 0.269 e. The second-order valence-corrected chi connectivity index (χ2v) is 6.72. The first-order valence-corrected chi connectivity index (χ1v) is 8.34. The second-order valence-electron chi connectivity index (χ2n) is 4.94. The largest absolute Gasteiger partial charge is 0.349 e. The first-order chi connectivity index (χ1) is 10.1. The first kappa shape index (κ1) is 14.2. The maximum absolute atomic E-state index is 12.2. The van der Waals surface area contributed by atoms with E-state index in [4.69, 9.17) is 0 Å². The van der Waals surface area contributed by atoms with Crippen molar-refractivity contribution in [3.63, 3.8) is 0 Å². The zero-order valence-electron chi connectivity index (χ0n) is 11.9. The summed E-state index contributed by atoms with van der Waals surface area (Å²) in [6.07, 6.45) is 1.93. The molecule has 0 aliphatic rings. The Morgan fingerprint density at radius 2 is 2.29 bits per heavy atom. The van der Waals surface area contributed by atoms with Crippen molar-refractivity contribution in [2.75, 3.05) is 27.2 Å². The van der Waals surface area contributed by atoms with Gasteiger partial charge in [-0.2, -0.15) is 0 Å². The summed E-state index contributed by atoms with van der Waals surface area (Å²) in [7, 11) is 3.97. The van der Waals surface area contributed by atoms with Crippen LogP contribution in [-0.2, 0) is 0 Å². The molecule has 0 unspecified atom stereocenters. The monoisotopic (exact) mass is 320 g/mol. The first-order valence-electron chi connectivity index (χ1n) is 6.58. The zero-order valence-corrected chi connectivity index (χ0v) is 13.5. The van der Waals surface area contributed by atoms with Gasteiger partial charge >= 0.3 is 0 Å². The molecule has 0 aliphatic heterocycles. The standard InChI is InChI=1S/C14H16N4OS2/c1-17(2)6-5-15-13(19)11-9-21-14-16-10(8-18(11)14)12-4-3-7-20-12/h3-4,7-9H,5-6H2,1-2H3,(H,15,19). The molecular weight excluding hydrogens is 304 g/mol. The highest BCUT2D eigenvalue weighted by Crippen LogP contribution is 2.26. The van der Waals surface area contributed by atoms with Crippen molar-refractivity contribution in [3.05, 3.63) is 34.8 Å². The quantitative estimate of drug-likeness (QED) is 0.785. The summed E-state index contributed by atoms with van der Waals surface area (Å²) >= 11 is 3.13. The Kier molecular flexibility index (Phi) is 4.05. The van der Waals surface area contributed by atoms with Crippen molar-refractivity contribution in [2.45, 2.75) is 0 Å². The number of nitrogens with one attached hydrogen (secondary N) is 1. The molecule has 0 saturated carbocycles. The van der Waals surface area contributed by atoms with Crippen LogP contribution in [0.4, 0.5) is 0 Å². The maximum atomic E-state index is 12.2. The molecule has 0 bridgehead atoms. The Balaban J connectivity index is 1.81. The summed E-state index contributed by atoms with van der Waals surface area (Å²) in [5.41, 5.74) is 1.56. The van der Waals surface area contributed by atoms with E-state index in [2.05, 4.69) is 10.3 Å². The van der Waals surface area contributed by atoms with Crippen molar-refractivity contribution >= 4 is 33.5 Å². The molecule has 1 N–H and O–H groups in total. The number of likely N-dealkylation sites (N-methyl/N-ethyl adjacent to an activating group) is 1. The lowest BCUT2D eigenvalue weighted by Crippen LogP contribution is -2.31. The fraction of sp³-hybridized carbons (Fsp3) is 0.286. The third kappa shape index (κ3) is 2.99. The van der Waals surface area contributed by atoms with Crippen molar-refractivity contribution in [3.8, 4) is 10.6 Å². The summed E-state index contributed by atoms with van der Waals surface area (Å²) in [5.74, 6) is -0.0572. The SMILES string of the molecule is CN(C)CCNC(=O)c1csc2nc(-c3cccs3)cn12. The third-order valence-corrected chi connectivity index (χ3v) is 4.79. The third-order valence-electron chi connectivity index (χ3n) is 3.06. The molecule has 3 aromatic rings. The molecule has 3 heterocycles. The fourth-order valence-corrected chi connectivity index (χ4v) is 3.51. The number of amides is 1. The Labute approximate surface area is 130 Å². The van der Waals surface area contributed by atoms with E-state index in [1.165, 1.54) is 11.3 Å². The molecule has 0 aliphatic carbocycles. The van der Waals surface area contributed by atoms with Gasteiger partial charge in [0.1, 0.15) is 11.4 Å². The number of thiophene rings is 1. The Morgan fingerprint density at radius 1 is 1.43 bits per heavy atom. The van der Waals surface area contributed by atoms with Gasteiger partial charge in [-0.15, -0.1) is 22.7 Å². The lowest BCUT2D eigenvalue weighted by molar-refractivity contribution is 0.0945. The van der Waals surface area contributed by atoms with Crippen LogP contribution < -0.4 is 5.32 Å². The van der Waals surface area contributed by atoms with Crippen molar-refractivity contribution < 1.29 is 4.79 Å². The van der Waals surface area contributed by atoms with E-state index in [1.807, 2.05) is 52.5 Å². The minimum absolute atomic E-state index is 0.0572. The smallest absolute Gasteiger partial charge is 0.269 e. The van der Waals surface area contributed by atoms with Crippen LogP contribution >= 0.6 is 22.7 Å².